The first-order valence-electron chi connectivity index (χ1n) is 9.12. The van der Waals surface area contributed by atoms with Gasteiger partial charge in [-0.2, -0.15) is 4.99 Å². The fourth-order valence-corrected chi connectivity index (χ4v) is 2.73. The van der Waals surface area contributed by atoms with Gasteiger partial charge in [0, 0.05) is 6.20 Å². The van der Waals surface area contributed by atoms with Gasteiger partial charge >= 0.3 is 51.4 Å². The Bertz CT molecular complexity index is 775. The molecule has 0 saturated heterocycles. The summed E-state index contributed by atoms with van der Waals surface area (Å²) in [6, 6.07) is 6.67. The van der Waals surface area contributed by atoms with E-state index in [9.17, 15) is 9.18 Å². The number of carbonyl (C=O) groups excluding carboxylic acids is 1. The molecule has 1 aromatic carbocycles. The zero-order chi connectivity index (χ0) is 20.2. The van der Waals surface area contributed by atoms with Crippen molar-refractivity contribution in [3.05, 3.63) is 60.3 Å². The molecule has 1 heterocycles. The van der Waals surface area contributed by atoms with Gasteiger partial charge in [-0.3, -0.25) is 4.79 Å². The van der Waals surface area contributed by atoms with Gasteiger partial charge in [0.05, 0.1) is 18.3 Å². The van der Waals surface area contributed by atoms with Gasteiger partial charge < -0.3 is 25.8 Å². The van der Waals surface area contributed by atoms with Crippen LogP contribution in [0.15, 0.2) is 58.6 Å². The number of hydrogen-bond donors (Lipinski definition) is 2. The van der Waals surface area contributed by atoms with Crippen LogP contribution in [0.4, 0.5) is 15.9 Å². The third kappa shape index (κ3) is 10.2. The number of nitrogens with one attached hydrogen (secondary N) is 1. The topological polar surface area (TPSA) is 108 Å². The van der Waals surface area contributed by atoms with E-state index in [0.717, 1.165) is 11.7 Å². The number of rotatable bonds is 6. The van der Waals surface area contributed by atoms with Crippen molar-refractivity contribution in [3.63, 3.8) is 0 Å². The number of amides is 1. The summed E-state index contributed by atoms with van der Waals surface area (Å²) in [5, 5.41) is 7.18. The van der Waals surface area contributed by atoms with E-state index in [1.165, 1.54) is 50.4 Å². The number of benzene rings is 1. The Morgan fingerprint density at radius 2 is 2.07 bits per heavy atom. The second-order valence-corrected chi connectivity index (χ2v) is 6.51. The predicted molar refractivity (Wildman–Crippen MR) is 108 cm³/mol. The van der Waals surface area contributed by atoms with Crippen LogP contribution in [0.5, 0.6) is 0 Å². The first-order valence-corrected chi connectivity index (χ1v) is 9.12. The molecule has 1 aliphatic carbocycles. The number of hydrogen-bond acceptors (Lipinski definition) is 4. The van der Waals surface area contributed by atoms with Crippen LogP contribution >= 0.6 is 0 Å². The number of halogens is 1. The zero-order valence-electron chi connectivity index (χ0n) is 16.8. The minimum absolute atomic E-state index is 0. The van der Waals surface area contributed by atoms with Crippen LogP contribution in [-0.2, 0) is 4.79 Å². The van der Waals surface area contributed by atoms with E-state index in [0.29, 0.717) is 18.1 Å². The van der Waals surface area contributed by atoms with Crippen LogP contribution in [0.1, 0.15) is 32.6 Å². The van der Waals surface area contributed by atoms with E-state index < -0.39 is 0 Å². The Hall–Kier alpha value is -1.52. The molecular weight excluding hydrogens is 400 g/mol. The average Bonchev–Trinajstić information content (AvgIpc) is 3.19. The summed E-state index contributed by atoms with van der Waals surface area (Å²) >= 11 is 0. The minimum atomic E-state index is -0.368. The van der Waals surface area contributed by atoms with Crippen LogP contribution in [0.2, 0.25) is 0 Å². The van der Waals surface area contributed by atoms with Crippen LogP contribution in [-0.4, -0.2) is 23.3 Å². The number of aliphatic imine (C=N–C) groups is 1. The molecule has 0 aliphatic heterocycles. The molecule has 2 aromatic rings. The standard InChI is InChI=1S/C10H10FN3O.C10H15N2O.K/c11-8-3-1-2-4-9(8)13-6-5-10(12)14-7-15;1-8-2-4-9(5-3-8)12-10-6-13-7-11-10;/h1-7,13H,(H2,12,14,15);6-9H,2-5H2,1H3;/q;-1;+1/b6-5-;;. The molecule has 1 saturated carbocycles. The van der Waals surface area contributed by atoms with Crippen molar-refractivity contribution in [2.45, 2.75) is 38.6 Å². The summed E-state index contributed by atoms with van der Waals surface area (Å²) < 4.78 is 17.9. The Kier molecular flexibility index (Phi) is 12.7. The van der Waals surface area contributed by atoms with Gasteiger partial charge in [-0.1, -0.05) is 44.7 Å². The second-order valence-electron chi connectivity index (χ2n) is 6.51. The maximum atomic E-state index is 13.0. The SMILES string of the molecule is CC1CCC([N-]c2cocn2)CC1.NC(/C=C\Nc1ccccc1F)=NC=O.[K+]. The molecule has 1 amide bonds. The number of amidine groups is 1. The van der Waals surface area contributed by atoms with Gasteiger partial charge in [-0.15, -0.1) is 0 Å². The van der Waals surface area contributed by atoms with E-state index in [2.05, 4.69) is 27.5 Å². The first kappa shape index (κ1) is 25.5. The molecular formula is C20H25FKN5O2. The molecule has 29 heavy (non-hydrogen) atoms. The van der Waals surface area contributed by atoms with Crippen LogP contribution in [0.3, 0.4) is 0 Å². The molecule has 0 atom stereocenters. The number of nitrogens with two attached hydrogens (primary N) is 1. The molecule has 0 radical (unpaired) electrons. The van der Waals surface area contributed by atoms with Gasteiger partial charge in [-0.25, -0.2) is 4.39 Å². The van der Waals surface area contributed by atoms with E-state index in [1.807, 2.05) is 0 Å². The Morgan fingerprint density at radius 1 is 1.34 bits per heavy atom. The predicted octanol–water partition coefficient (Wildman–Crippen LogP) is 1.53. The van der Waals surface area contributed by atoms with E-state index in [-0.39, 0.29) is 63.0 Å². The average molecular weight is 426 g/mol. The quantitative estimate of drug-likeness (QED) is 0.316. The number of carbonyl (C=O) groups is 1. The number of oxazole rings is 1. The van der Waals surface area contributed by atoms with Crippen molar-refractivity contribution in [2.24, 2.45) is 16.6 Å². The normalized spacial score (nSPS) is 18.9. The second kappa shape index (κ2) is 14.5. The number of anilines is 1. The molecule has 7 nitrogen and oxygen atoms in total. The molecule has 0 spiro atoms. The van der Waals surface area contributed by atoms with Crippen molar-refractivity contribution >= 4 is 23.8 Å². The number of nitrogens with zero attached hydrogens (tertiary/aromatic N) is 3. The summed E-state index contributed by atoms with van der Waals surface area (Å²) in [6.45, 7) is 2.31. The molecule has 150 valence electrons. The maximum Gasteiger partial charge on any atom is 1.00 e. The Morgan fingerprint density at radius 3 is 2.69 bits per heavy atom. The largest absolute Gasteiger partial charge is 1.00 e. The summed E-state index contributed by atoms with van der Waals surface area (Å²) in [5.41, 5.74) is 5.61. The molecule has 1 aliphatic rings. The third-order valence-electron chi connectivity index (χ3n) is 4.29. The van der Waals surface area contributed by atoms with Crippen LogP contribution < -0.4 is 62.4 Å². The van der Waals surface area contributed by atoms with Crippen LogP contribution in [0.25, 0.3) is 5.32 Å². The van der Waals surface area contributed by atoms with Gasteiger partial charge in [0.25, 0.3) is 0 Å². The smallest absolute Gasteiger partial charge is 0.476 e. The van der Waals surface area contributed by atoms with Gasteiger partial charge in [0.15, 0.2) is 0 Å². The molecule has 3 rings (SSSR count). The summed E-state index contributed by atoms with van der Waals surface area (Å²) in [6.07, 6.45) is 11.1. The number of para-hydroxylation sites is 1. The van der Waals surface area contributed by atoms with E-state index in [4.69, 9.17) is 10.2 Å². The Labute approximate surface area is 212 Å². The fraction of sp³-hybridized carbons (Fsp3) is 0.350. The van der Waals surface area contributed by atoms with E-state index in [1.54, 1.807) is 24.5 Å². The van der Waals surface area contributed by atoms with Gasteiger partial charge in [0.2, 0.25) is 6.41 Å². The van der Waals surface area contributed by atoms with Crippen molar-refractivity contribution in [2.75, 3.05) is 5.32 Å². The van der Waals surface area contributed by atoms with Gasteiger partial charge in [-0.05, 0) is 36.0 Å². The summed E-state index contributed by atoms with van der Waals surface area (Å²) in [5.74, 6) is 1.31. The summed E-state index contributed by atoms with van der Waals surface area (Å²) in [4.78, 5) is 17.2. The minimum Gasteiger partial charge on any atom is -0.476 e. The maximum absolute atomic E-state index is 13.0. The molecule has 0 unspecified atom stereocenters. The molecule has 0 bridgehead atoms. The third-order valence-corrected chi connectivity index (χ3v) is 4.29. The number of aromatic nitrogens is 1. The molecule has 9 heteroatoms. The van der Waals surface area contributed by atoms with Crippen LogP contribution in [0, 0.1) is 11.7 Å². The molecule has 3 N–H and O–H groups in total. The zero-order valence-corrected chi connectivity index (χ0v) is 19.9. The summed E-state index contributed by atoms with van der Waals surface area (Å²) in [7, 11) is 0. The van der Waals surface area contributed by atoms with Crippen molar-refractivity contribution in [3.8, 4) is 0 Å². The first-order chi connectivity index (χ1) is 13.6. The van der Waals surface area contributed by atoms with Gasteiger partial charge in [0.1, 0.15) is 11.7 Å². The van der Waals surface area contributed by atoms with Crippen molar-refractivity contribution < 1.29 is 65.0 Å². The monoisotopic (exact) mass is 425 g/mol. The Balaban J connectivity index is 0.000000282. The molecule has 1 aromatic heterocycles. The molecule has 1 fully saturated rings. The van der Waals surface area contributed by atoms with E-state index >= 15 is 0 Å². The van der Waals surface area contributed by atoms with Crippen molar-refractivity contribution in [1.82, 2.24) is 4.98 Å². The fourth-order valence-electron chi connectivity index (χ4n) is 2.73. The van der Waals surface area contributed by atoms with Crippen molar-refractivity contribution in [1.29, 1.82) is 0 Å².